The van der Waals surface area contributed by atoms with Crippen LogP contribution in [-0.4, -0.2) is 44.3 Å². The second kappa shape index (κ2) is 12.0. The smallest absolute Gasteiger partial charge is 0.267 e. The van der Waals surface area contributed by atoms with Crippen LogP contribution in [0.4, 0.5) is 0 Å². The highest BCUT2D eigenvalue weighted by Gasteiger charge is 2.16. The van der Waals surface area contributed by atoms with Gasteiger partial charge in [-0.1, -0.05) is 24.3 Å². The fourth-order valence-electron chi connectivity index (χ4n) is 4.19. The number of nitrogens with zero attached hydrogens (tertiary/aromatic N) is 1. The van der Waals surface area contributed by atoms with Crippen LogP contribution in [0.1, 0.15) is 21.5 Å². The Kier molecular flexibility index (Phi) is 8.33. The number of nitrogens with one attached hydrogen (secondary N) is 2. The van der Waals surface area contributed by atoms with Gasteiger partial charge >= 0.3 is 0 Å². The van der Waals surface area contributed by atoms with E-state index in [2.05, 4.69) is 10.6 Å². The molecule has 1 aromatic heterocycles. The van der Waals surface area contributed by atoms with Gasteiger partial charge in [0.05, 0.1) is 21.3 Å². The van der Waals surface area contributed by atoms with Crippen molar-refractivity contribution in [1.82, 2.24) is 15.2 Å². The Morgan fingerprint density at radius 1 is 0.895 bits per heavy atom. The third-order valence-corrected chi connectivity index (χ3v) is 6.22. The number of para-hydroxylation sites is 1. The number of fused-ring (bicyclic) bond motifs is 1. The first-order chi connectivity index (χ1) is 18.4. The number of hydrogen-bond donors (Lipinski definition) is 2. The van der Waals surface area contributed by atoms with E-state index in [1.807, 2.05) is 60.3 Å². The van der Waals surface area contributed by atoms with Gasteiger partial charge in [-0.25, -0.2) is 0 Å². The minimum absolute atomic E-state index is 0.148. The minimum atomic E-state index is -0.394. The molecule has 2 N–H and O–H groups in total. The summed E-state index contributed by atoms with van der Waals surface area (Å²) in [7, 11) is 6.67. The molecule has 0 spiro atoms. The number of amides is 2. The summed E-state index contributed by atoms with van der Waals surface area (Å²) in [6.45, 7) is 0.361. The molecule has 0 aliphatic heterocycles. The summed E-state index contributed by atoms with van der Waals surface area (Å²) in [5, 5.41) is 6.70. The van der Waals surface area contributed by atoms with Crippen molar-refractivity contribution in [3.05, 3.63) is 95.3 Å². The summed E-state index contributed by atoms with van der Waals surface area (Å²) < 4.78 is 17.8. The second-order valence-corrected chi connectivity index (χ2v) is 8.65. The molecule has 1 heterocycles. The lowest BCUT2D eigenvalue weighted by Gasteiger charge is -2.12. The van der Waals surface area contributed by atoms with Crippen LogP contribution in [0, 0.1) is 0 Å². The molecule has 0 atom stereocenters. The molecule has 0 aliphatic carbocycles. The summed E-state index contributed by atoms with van der Waals surface area (Å²) in [4.78, 5) is 26.3. The Hall–Kier alpha value is -4.72. The highest BCUT2D eigenvalue weighted by Crippen LogP contribution is 2.27. The predicted molar refractivity (Wildman–Crippen MR) is 148 cm³/mol. The van der Waals surface area contributed by atoms with Gasteiger partial charge in [-0.05, 0) is 60.5 Å². The first-order valence-corrected chi connectivity index (χ1v) is 12.1. The van der Waals surface area contributed by atoms with Crippen LogP contribution >= 0.6 is 0 Å². The Balaban J connectivity index is 1.56. The average Bonchev–Trinajstić information content (AvgIpc) is 3.27. The lowest BCUT2D eigenvalue weighted by atomic mass is 10.1. The lowest BCUT2D eigenvalue weighted by molar-refractivity contribution is -0.117. The van der Waals surface area contributed by atoms with Crippen LogP contribution in [-0.2, 0) is 18.3 Å². The summed E-state index contributed by atoms with van der Waals surface area (Å²) in [5.41, 5.74) is 3.38. The van der Waals surface area contributed by atoms with Crippen LogP contribution in [0.5, 0.6) is 17.2 Å². The van der Waals surface area contributed by atoms with Gasteiger partial charge in [0.1, 0.15) is 11.4 Å². The zero-order valence-electron chi connectivity index (χ0n) is 21.9. The molecule has 8 heteroatoms. The van der Waals surface area contributed by atoms with Crippen molar-refractivity contribution in [1.29, 1.82) is 0 Å². The number of hydrogen-bond acceptors (Lipinski definition) is 5. The van der Waals surface area contributed by atoms with E-state index in [1.54, 1.807) is 51.7 Å². The van der Waals surface area contributed by atoms with E-state index >= 15 is 0 Å². The maximum Gasteiger partial charge on any atom is 0.267 e. The maximum absolute atomic E-state index is 13.3. The number of methoxy groups -OCH3 is 3. The molecular weight excluding hydrogens is 482 g/mol. The van der Waals surface area contributed by atoms with Crippen LogP contribution in [0.15, 0.2) is 78.6 Å². The normalized spacial score (nSPS) is 11.2. The summed E-state index contributed by atoms with van der Waals surface area (Å²) >= 11 is 0. The van der Waals surface area contributed by atoms with Crippen molar-refractivity contribution in [3.8, 4) is 17.2 Å². The molecule has 0 aliphatic rings. The molecule has 0 fully saturated rings. The van der Waals surface area contributed by atoms with E-state index in [1.165, 1.54) is 0 Å². The molecular formula is C30H31N3O5. The van der Waals surface area contributed by atoms with Crippen LogP contribution in [0.2, 0.25) is 0 Å². The zero-order valence-corrected chi connectivity index (χ0v) is 21.9. The van der Waals surface area contributed by atoms with Crippen molar-refractivity contribution in [2.24, 2.45) is 7.05 Å². The first kappa shape index (κ1) is 26.3. The van der Waals surface area contributed by atoms with Gasteiger partial charge in [-0.15, -0.1) is 0 Å². The van der Waals surface area contributed by atoms with Crippen molar-refractivity contribution in [2.75, 3.05) is 27.9 Å². The maximum atomic E-state index is 13.3. The summed E-state index contributed by atoms with van der Waals surface area (Å²) in [6.07, 6.45) is 4.21. The van der Waals surface area contributed by atoms with Gasteiger partial charge in [0.2, 0.25) is 0 Å². The van der Waals surface area contributed by atoms with Gasteiger partial charge in [-0.3, -0.25) is 9.59 Å². The standard InChI is InChI=1S/C30H31N3O5/c1-33-19-22(24-7-5-6-8-26(24)33)18-25(32-29(34)21-10-12-23(36-2)13-11-21)30(35)31-16-15-20-9-14-27(37-3)28(17-20)38-4/h5-14,17-19H,15-16H2,1-4H3,(H,31,35)(H,32,34)/b25-18+. The van der Waals surface area contributed by atoms with Crippen molar-refractivity contribution >= 4 is 28.8 Å². The van der Waals surface area contributed by atoms with E-state index in [9.17, 15) is 9.59 Å². The average molecular weight is 514 g/mol. The Bertz CT molecular complexity index is 1470. The molecule has 3 aromatic carbocycles. The van der Waals surface area contributed by atoms with Gasteiger partial charge in [0, 0.05) is 41.8 Å². The van der Waals surface area contributed by atoms with Gasteiger partial charge in [0.25, 0.3) is 11.8 Å². The predicted octanol–water partition coefficient (Wildman–Crippen LogP) is 4.33. The van der Waals surface area contributed by atoms with Gasteiger partial charge in [0.15, 0.2) is 11.5 Å². The highest BCUT2D eigenvalue weighted by atomic mass is 16.5. The molecule has 0 saturated heterocycles. The van der Waals surface area contributed by atoms with Crippen molar-refractivity contribution in [3.63, 3.8) is 0 Å². The number of carbonyl (C=O) groups is 2. The number of aromatic nitrogens is 1. The summed E-state index contributed by atoms with van der Waals surface area (Å²) in [6, 6.07) is 20.2. The molecule has 8 nitrogen and oxygen atoms in total. The Morgan fingerprint density at radius 2 is 1.63 bits per heavy atom. The molecule has 4 aromatic rings. The topological polar surface area (TPSA) is 90.8 Å². The summed E-state index contributed by atoms with van der Waals surface area (Å²) in [5.74, 6) is 1.12. The number of aryl methyl sites for hydroxylation is 1. The van der Waals surface area contributed by atoms with Crippen molar-refractivity contribution < 1.29 is 23.8 Å². The van der Waals surface area contributed by atoms with Crippen LogP contribution in [0.25, 0.3) is 17.0 Å². The molecule has 0 saturated carbocycles. The first-order valence-electron chi connectivity index (χ1n) is 12.1. The van der Waals surface area contributed by atoms with E-state index in [0.29, 0.717) is 35.8 Å². The van der Waals surface area contributed by atoms with E-state index in [-0.39, 0.29) is 11.6 Å². The third kappa shape index (κ3) is 5.98. The monoisotopic (exact) mass is 513 g/mol. The fourth-order valence-corrected chi connectivity index (χ4v) is 4.19. The number of benzene rings is 3. The van der Waals surface area contributed by atoms with E-state index < -0.39 is 5.91 Å². The van der Waals surface area contributed by atoms with Crippen LogP contribution in [0.3, 0.4) is 0 Å². The largest absolute Gasteiger partial charge is 0.497 e. The SMILES string of the molecule is COc1ccc(C(=O)N/C(=C/c2cn(C)c3ccccc23)C(=O)NCCc2ccc(OC)c(OC)c2)cc1. The molecule has 0 unspecified atom stereocenters. The molecule has 4 rings (SSSR count). The quantitative estimate of drug-likeness (QED) is 0.308. The molecule has 38 heavy (non-hydrogen) atoms. The number of carbonyl (C=O) groups excluding carboxylic acids is 2. The van der Waals surface area contributed by atoms with Gasteiger partial charge < -0.3 is 29.4 Å². The number of ether oxygens (including phenoxy) is 3. The second-order valence-electron chi connectivity index (χ2n) is 8.65. The van der Waals surface area contributed by atoms with Crippen LogP contribution < -0.4 is 24.8 Å². The molecule has 0 bridgehead atoms. The Morgan fingerprint density at radius 3 is 2.34 bits per heavy atom. The zero-order chi connectivity index (χ0) is 27.1. The van der Waals surface area contributed by atoms with Gasteiger partial charge in [-0.2, -0.15) is 0 Å². The van der Waals surface area contributed by atoms with E-state index in [0.717, 1.165) is 22.0 Å². The highest BCUT2D eigenvalue weighted by molar-refractivity contribution is 6.06. The van der Waals surface area contributed by atoms with Crippen molar-refractivity contribution in [2.45, 2.75) is 6.42 Å². The molecule has 196 valence electrons. The Labute approximate surface area is 221 Å². The number of rotatable bonds is 10. The molecule has 0 radical (unpaired) electrons. The molecule has 2 amide bonds. The lowest BCUT2D eigenvalue weighted by Crippen LogP contribution is -2.35. The third-order valence-electron chi connectivity index (χ3n) is 6.22. The fraction of sp³-hybridized carbons (Fsp3) is 0.200. The minimum Gasteiger partial charge on any atom is -0.497 e. The van der Waals surface area contributed by atoms with E-state index in [4.69, 9.17) is 14.2 Å².